The minimum atomic E-state index is -4.37. The van der Waals surface area contributed by atoms with Crippen molar-refractivity contribution in [2.75, 3.05) is 50.1 Å². The molecule has 6 rings (SSSR count). The number of likely N-dealkylation sites (tertiary alicyclic amines) is 2. The fourth-order valence-corrected chi connectivity index (χ4v) is 9.57. The van der Waals surface area contributed by atoms with Gasteiger partial charge in [-0.15, -0.1) is 6.42 Å². The van der Waals surface area contributed by atoms with E-state index in [0.717, 1.165) is 12.5 Å². The largest absolute Gasteiger partial charge is 0.462 e. The molecular weight excluding hydrogens is 827 g/mol. The van der Waals surface area contributed by atoms with Crippen molar-refractivity contribution in [3.63, 3.8) is 0 Å². The van der Waals surface area contributed by atoms with E-state index >= 15 is 4.39 Å². The SMILES string of the molecule is C#Cc1c(F)ccc2cc(OP(=O)(N[C@@H](C)C(=O)OC(C)C)OC(C)C)cc(N3Cc4nc(OC[C@]5(C)C[C@@H](F)CN5C)nc(N(C)C[C@@H]5CCCN5C(=O)C=C)c4OC3=O)c12. The van der Waals surface area contributed by atoms with Gasteiger partial charge in [-0.2, -0.15) is 15.1 Å². The number of carbonyl (C=O) groups excluding carboxylic acids is 3. The number of carbonyl (C=O) groups is 3. The van der Waals surface area contributed by atoms with Gasteiger partial charge < -0.3 is 28.5 Å². The number of terminal acetylenes is 1. The van der Waals surface area contributed by atoms with Gasteiger partial charge in [0.05, 0.1) is 35.5 Å². The Morgan fingerprint density at radius 2 is 1.95 bits per heavy atom. The first-order valence-electron chi connectivity index (χ1n) is 20.5. The van der Waals surface area contributed by atoms with Gasteiger partial charge in [0.25, 0.3) is 0 Å². The first kappa shape index (κ1) is 46.2. The number of esters is 1. The molecule has 2 fully saturated rings. The first-order valence-corrected chi connectivity index (χ1v) is 22.0. The maximum Gasteiger partial charge on any atom is 0.459 e. The molecule has 0 spiro atoms. The molecule has 1 unspecified atom stereocenters. The molecule has 2 amide bonds. The molecule has 4 heterocycles. The monoisotopic (exact) mass is 881 g/mol. The number of likely N-dealkylation sites (N-methyl/N-ethyl adjacent to an activating group) is 2. The van der Waals surface area contributed by atoms with Crippen molar-refractivity contribution in [1.29, 1.82) is 0 Å². The Morgan fingerprint density at radius 1 is 1.21 bits per heavy atom. The molecule has 1 N–H and O–H groups in total. The molecule has 2 aromatic carbocycles. The molecule has 3 aromatic rings. The van der Waals surface area contributed by atoms with Crippen LogP contribution in [-0.2, 0) is 30.0 Å². The third-order valence-corrected chi connectivity index (χ3v) is 12.8. The second kappa shape index (κ2) is 18.6. The number of rotatable bonds is 16. The number of halogens is 2. The van der Waals surface area contributed by atoms with Crippen LogP contribution in [-0.4, -0.2) is 114 Å². The van der Waals surface area contributed by atoms with Crippen LogP contribution in [0.1, 0.15) is 72.1 Å². The quantitative estimate of drug-likeness (QED) is 0.0714. The van der Waals surface area contributed by atoms with Gasteiger partial charge >= 0.3 is 25.8 Å². The highest BCUT2D eigenvalue weighted by molar-refractivity contribution is 7.52. The van der Waals surface area contributed by atoms with Gasteiger partial charge in [-0.25, -0.2) is 18.1 Å². The Balaban J connectivity index is 1.43. The minimum absolute atomic E-state index is 0.0126. The highest BCUT2D eigenvalue weighted by atomic mass is 31.2. The van der Waals surface area contributed by atoms with Gasteiger partial charge in [0, 0.05) is 50.6 Å². The predicted molar refractivity (Wildman–Crippen MR) is 229 cm³/mol. The van der Waals surface area contributed by atoms with E-state index in [9.17, 15) is 23.3 Å². The average Bonchev–Trinajstić information content (AvgIpc) is 3.76. The van der Waals surface area contributed by atoms with Crippen molar-refractivity contribution < 1.29 is 51.0 Å². The van der Waals surface area contributed by atoms with Crippen molar-refractivity contribution in [3.8, 4) is 29.9 Å². The van der Waals surface area contributed by atoms with E-state index in [2.05, 4.69) is 27.6 Å². The number of nitrogens with one attached hydrogen (secondary N) is 1. The van der Waals surface area contributed by atoms with Crippen molar-refractivity contribution in [2.24, 2.45) is 0 Å². The number of anilines is 2. The van der Waals surface area contributed by atoms with Crippen LogP contribution in [0.15, 0.2) is 36.9 Å². The van der Waals surface area contributed by atoms with Crippen molar-refractivity contribution in [3.05, 3.63) is 54.0 Å². The number of nitrogens with zero attached hydrogens (tertiary/aromatic N) is 6. The van der Waals surface area contributed by atoms with Crippen LogP contribution >= 0.6 is 7.75 Å². The Hall–Kier alpha value is -5.34. The zero-order valence-corrected chi connectivity index (χ0v) is 37.2. The van der Waals surface area contributed by atoms with E-state index in [1.165, 1.54) is 36.1 Å². The van der Waals surface area contributed by atoms with E-state index in [1.807, 2.05) is 18.9 Å². The number of fused-ring (bicyclic) bond motifs is 2. The summed E-state index contributed by atoms with van der Waals surface area (Å²) in [5, 5.41) is 3.07. The first-order chi connectivity index (χ1) is 29.2. The summed E-state index contributed by atoms with van der Waals surface area (Å²) in [5.74, 6) is 0.864. The Kier molecular flexibility index (Phi) is 13.8. The number of aromatic nitrogens is 2. The number of hydrogen-bond acceptors (Lipinski definition) is 13. The summed E-state index contributed by atoms with van der Waals surface area (Å²) in [6, 6.07) is 3.95. The minimum Gasteiger partial charge on any atom is -0.462 e. The zero-order valence-electron chi connectivity index (χ0n) is 36.3. The third-order valence-electron chi connectivity index (χ3n) is 11.0. The Labute approximate surface area is 360 Å². The average molecular weight is 882 g/mol. The lowest BCUT2D eigenvalue weighted by Crippen LogP contribution is -2.44. The summed E-state index contributed by atoms with van der Waals surface area (Å²) in [5.41, 5.74) is -0.636. The molecule has 3 aliphatic rings. The molecule has 19 heteroatoms. The van der Waals surface area contributed by atoms with Gasteiger partial charge in [-0.05, 0) is 85.0 Å². The van der Waals surface area contributed by atoms with E-state index < -0.39 is 55.6 Å². The molecule has 3 aliphatic heterocycles. The summed E-state index contributed by atoms with van der Waals surface area (Å²) in [7, 11) is -0.812. The zero-order chi connectivity index (χ0) is 45.3. The molecule has 0 radical (unpaired) electrons. The van der Waals surface area contributed by atoms with Crippen LogP contribution in [0.25, 0.3) is 10.8 Å². The lowest BCUT2D eigenvalue weighted by atomic mass is 10.0. The van der Waals surface area contributed by atoms with Crippen molar-refractivity contribution >= 4 is 48.0 Å². The number of benzene rings is 2. The molecule has 5 atom stereocenters. The van der Waals surface area contributed by atoms with Crippen LogP contribution in [0, 0.1) is 18.2 Å². The summed E-state index contributed by atoms with van der Waals surface area (Å²) >= 11 is 0. The van der Waals surface area contributed by atoms with Gasteiger partial charge in [-0.3, -0.25) is 23.9 Å². The van der Waals surface area contributed by atoms with Crippen molar-refractivity contribution in [2.45, 2.75) is 103 Å². The fourth-order valence-electron chi connectivity index (χ4n) is 7.89. The standard InChI is InChI=1S/C43H54F2N7O9P/c1-11-32-33(45)16-15-28-18-31(61-62(56,60-26(5)6)48-27(7)40(54)58-25(3)4)19-35(37(28)32)52-23-34-38(59-42(52)55)39(49(9)22-30-14-13-17-51(30)36(53)12-2)47-41(46-34)57-24-43(8)20-29(44)21-50(43)10/h1,12,15-16,18-19,25-27,29-30H,2,13-14,17,20-24H2,3-10H3,(H,48,56)/t27-,29+,30-,43-,62?/m0/s1. The van der Waals surface area contributed by atoms with Gasteiger partial charge in [0.2, 0.25) is 5.91 Å². The highest BCUT2D eigenvalue weighted by Crippen LogP contribution is 2.49. The number of amides is 2. The Bertz CT molecular complexity index is 2330. The second-order valence-electron chi connectivity index (χ2n) is 16.6. The van der Waals surface area contributed by atoms with E-state index in [-0.39, 0.29) is 83.7 Å². The molecule has 1 aromatic heterocycles. The molecular formula is C43H54F2N7O9P. The normalized spacial score (nSPS) is 21.6. The Morgan fingerprint density at radius 3 is 2.60 bits per heavy atom. The van der Waals surface area contributed by atoms with Gasteiger partial charge in [0.15, 0.2) is 11.6 Å². The maximum atomic E-state index is 15.5. The fraction of sp³-hybridized carbons (Fsp3) is 0.512. The molecule has 62 heavy (non-hydrogen) atoms. The van der Waals surface area contributed by atoms with Crippen LogP contribution in [0.4, 0.5) is 25.1 Å². The van der Waals surface area contributed by atoms with Crippen LogP contribution in [0.2, 0.25) is 0 Å². The summed E-state index contributed by atoms with van der Waals surface area (Å²) in [4.78, 5) is 55.6. The third kappa shape index (κ3) is 9.97. The predicted octanol–water partition coefficient (Wildman–Crippen LogP) is 6.54. The van der Waals surface area contributed by atoms with Gasteiger partial charge in [0.1, 0.15) is 36.1 Å². The van der Waals surface area contributed by atoms with Crippen LogP contribution < -0.4 is 28.9 Å². The maximum absolute atomic E-state index is 15.5. The molecule has 0 aliphatic carbocycles. The lowest BCUT2D eigenvalue weighted by Gasteiger charge is -2.34. The summed E-state index contributed by atoms with van der Waals surface area (Å²) in [6.07, 6.45) is 5.81. The van der Waals surface area contributed by atoms with E-state index in [0.29, 0.717) is 24.9 Å². The highest BCUT2D eigenvalue weighted by Gasteiger charge is 2.42. The molecule has 334 valence electrons. The second-order valence-corrected chi connectivity index (χ2v) is 18.3. The molecule has 2 saturated heterocycles. The number of hydrogen-bond donors (Lipinski definition) is 1. The smallest absolute Gasteiger partial charge is 0.459 e. The van der Waals surface area contributed by atoms with Crippen LogP contribution in [0.3, 0.4) is 0 Å². The number of alkyl halides is 1. The summed E-state index contributed by atoms with van der Waals surface area (Å²) < 4.78 is 73.6. The summed E-state index contributed by atoms with van der Waals surface area (Å²) in [6.45, 7) is 14.4. The van der Waals surface area contributed by atoms with Crippen LogP contribution in [0.5, 0.6) is 17.5 Å². The van der Waals surface area contributed by atoms with E-state index in [1.54, 1.807) is 44.5 Å². The lowest BCUT2D eigenvalue weighted by molar-refractivity contribution is -0.149. The molecule has 16 nitrogen and oxygen atoms in total. The molecule has 0 bridgehead atoms. The van der Waals surface area contributed by atoms with Gasteiger partial charge in [-0.1, -0.05) is 18.6 Å². The topological polar surface area (TPSA) is 165 Å². The van der Waals surface area contributed by atoms with E-state index in [4.69, 9.17) is 29.7 Å². The molecule has 0 saturated carbocycles. The number of ether oxygens (including phenoxy) is 3. The van der Waals surface area contributed by atoms with Crippen molar-refractivity contribution in [1.82, 2.24) is 24.9 Å².